The van der Waals surface area contributed by atoms with Crippen molar-refractivity contribution in [2.75, 3.05) is 18.1 Å². The summed E-state index contributed by atoms with van der Waals surface area (Å²) in [4.78, 5) is 0. The van der Waals surface area contributed by atoms with Gasteiger partial charge in [-0.25, -0.2) is 0 Å². The molecular formula is C6H15N2S2+. The van der Waals surface area contributed by atoms with E-state index in [9.17, 15) is 0 Å². The smallest absolute Gasteiger partial charge is 0.137 e. The van der Waals surface area contributed by atoms with Crippen LogP contribution < -0.4 is 11.5 Å². The van der Waals surface area contributed by atoms with Crippen molar-refractivity contribution in [1.29, 1.82) is 0 Å². The van der Waals surface area contributed by atoms with Gasteiger partial charge >= 0.3 is 0 Å². The quantitative estimate of drug-likeness (QED) is 0.266. The van der Waals surface area contributed by atoms with Gasteiger partial charge in [-0.1, -0.05) is 0 Å². The number of rotatable bonds is 6. The summed E-state index contributed by atoms with van der Waals surface area (Å²) in [6.07, 6.45) is 4.68. The first-order valence-corrected chi connectivity index (χ1v) is 5.94. The Bertz CT molecular complexity index is 85.8. The Balaban J connectivity index is 2.77. The van der Waals surface area contributed by atoms with Crippen molar-refractivity contribution in [3.05, 3.63) is 12.3 Å². The first-order valence-electron chi connectivity index (χ1n) is 3.27. The molecule has 0 bridgehead atoms. The molecule has 0 aromatic carbocycles. The van der Waals surface area contributed by atoms with Crippen molar-refractivity contribution in [2.45, 2.75) is 6.42 Å². The van der Waals surface area contributed by atoms with Crippen LogP contribution in [0, 0.1) is 0 Å². The van der Waals surface area contributed by atoms with Crippen molar-refractivity contribution < 1.29 is 0 Å². The summed E-state index contributed by atoms with van der Waals surface area (Å²) in [6, 6.07) is 0. The highest BCUT2D eigenvalue weighted by Gasteiger charge is 1.94. The minimum atomic E-state index is 0.801. The summed E-state index contributed by atoms with van der Waals surface area (Å²) in [5.74, 6) is 2.21. The SMILES string of the molecule is N/C=C/C[SH+]SCCCN. The van der Waals surface area contributed by atoms with Crippen LogP contribution in [0.4, 0.5) is 0 Å². The lowest BCUT2D eigenvalue weighted by molar-refractivity contribution is 0.946. The van der Waals surface area contributed by atoms with Crippen LogP contribution >= 0.6 is 10.8 Å². The van der Waals surface area contributed by atoms with Crippen LogP contribution in [0.2, 0.25) is 0 Å². The summed E-state index contributed by atoms with van der Waals surface area (Å²) in [6.45, 7) is 0.801. The van der Waals surface area contributed by atoms with E-state index in [-0.39, 0.29) is 0 Å². The second-order valence-electron chi connectivity index (χ2n) is 1.72. The highest BCUT2D eigenvalue weighted by atomic mass is 33.1. The molecule has 0 saturated carbocycles. The summed E-state index contributed by atoms with van der Waals surface area (Å²) >= 11 is 0. The van der Waals surface area contributed by atoms with E-state index in [1.165, 1.54) is 10.8 Å². The van der Waals surface area contributed by atoms with Crippen LogP contribution in [-0.2, 0) is 10.8 Å². The molecule has 0 saturated heterocycles. The average Bonchev–Trinajstić information content (AvgIpc) is 1.97. The topological polar surface area (TPSA) is 52.0 Å². The lowest BCUT2D eigenvalue weighted by Crippen LogP contribution is -1.99. The van der Waals surface area contributed by atoms with Crippen molar-refractivity contribution in [3.8, 4) is 0 Å². The van der Waals surface area contributed by atoms with E-state index in [1.54, 1.807) is 6.20 Å². The van der Waals surface area contributed by atoms with Crippen LogP contribution in [0.15, 0.2) is 12.3 Å². The van der Waals surface area contributed by atoms with E-state index in [2.05, 4.69) is 0 Å². The van der Waals surface area contributed by atoms with Crippen LogP contribution in [0.5, 0.6) is 0 Å². The normalized spacial score (nSPS) is 10.9. The number of hydrogen-bond acceptors (Lipinski definition) is 3. The highest BCUT2D eigenvalue weighted by molar-refractivity contribution is 8.66. The molecule has 0 aromatic heterocycles. The van der Waals surface area contributed by atoms with Crippen LogP contribution in [0.3, 0.4) is 0 Å². The van der Waals surface area contributed by atoms with E-state index in [1.807, 2.05) is 16.9 Å². The van der Waals surface area contributed by atoms with Gasteiger partial charge in [0.15, 0.2) is 0 Å². The maximum Gasteiger partial charge on any atom is 0.137 e. The third-order valence-electron chi connectivity index (χ3n) is 0.847. The van der Waals surface area contributed by atoms with Crippen LogP contribution in [0.1, 0.15) is 6.42 Å². The Kier molecular flexibility index (Phi) is 9.38. The highest BCUT2D eigenvalue weighted by Crippen LogP contribution is 2.03. The average molecular weight is 179 g/mol. The standard InChI is InChI=1S/C6H14N2S2/c7-3-1-5-9-10-6-2-4-8/h1,3H,2,4-8H2/p+1/b3-1+. The second-order valence-corrected chi connectivity index (χ2v) is 4.55. The number of thiol groups is 1. The zero-order chi connectivity index (χ0) is 7.66. The van der Waals surface area contributed by atoms with E-state index in [0.29, 0.717) is 0 Å². The molecule has 0 aliphatic heterocycles. The minimum absolute atomic E-state index is 0.801. The summed E-state index contributed by atoms with van der Waals surface area (Å²) in [7, 11) is 3.28. The second kappa shape index (κ2) is 9.20. The first kappa shape index (κ1) is 10.2. The van der Waals surface area contributed by atoms with Gasteiger partial charge in [0.25, 0.3) is 0 Å². The summed E-state index contributed by atoms with van der Waals surface area (Å²) in [5, 5.41) is 0. The predicted octanol–water partition coefficient (Wildman–Crippen LogP) is 0.271. The molecule has 0 unspecified atom stereocenters. The van der Waals surface area contributed by atoms with Crippen molar-refractivity contribution >= 4 is 21.6 Å². The molecule has 0 aliphatic carbocycles. The molecule has 10 heavy (non-hydrogen) atoms. The van der Waals surface area contributed by atoms with Gasteiger partial charge in [0.2, 0.25) is 0 Å². The third-order valence-corrected chi connectivity index (χ3v) is 3.40. The molecule has 60 valence electrons. The van der Waals surface area contributed by atoms with Crippen molar-refractivity contribution in [1.82, 2.24) is 0 Å². The lowest BCUT2D eigenvalue weighted by atomic mass is 10.5. The fraction of sp³-hybridized carbons (Fsp3) is 0.667. The Labute approximate surface area is 70.2 Å². The van der Waals surface area contributed by atoms with E-state index < -0.39 is 0 Å². The number of nitrogens with two attached hydrogens (primary N) is 2. The van der Waals surface area contributed by atoms with E-state index >= 15 is 0 Å². The first-order chi connectivity index (χ1) is 4.91. The van der Waals surface area contributed by atoms with Gasteiger partial charge in [0, 0.05) is 16.5 Å². The molecule has 2 nitrogen and oxygen atoms in total. The molecule has 0 atom stereocenters. The third kappa shape index (κ3) is 8.20. The van der Waals surface area contributed by atoms with Crippen molar-refractivity contribution in [2.24, 2.45) is 11.5 Å². The fourth-order valence-corrected chi connectivity index (χ4v) is 2.46. The van der Waals surface area contributed by atoms with Gasteiger partial charge in [-0.05, 0) is 25.2 Å². The molecule has 0 aliphatic rings. The maximum atomic E-state index is 5.32. The Morgan fingerprint density at radius 2 is 2.30 bits per heavy atom. The summed E-state index contributed by atoms with van der Waals surface area (Å²) < 4.78 is 0. The Hall–Kier alpha value is 0.200. The van der Waals surface area contributed by atoms with E-state index in [4.69, 9.17) is 11.5 Å². The zero-order valence-electron chi connectivity index (χ0n) is 5.99. The van der Waals surface area contributed by atoms with Crippen LogP contribution in [-0.4, -0.2) is 18.1 Å². The molecule has 0 rings (SSSR count). The molecule has 0 aromatic rings. The Morgan fingerprint density at radius 1 is 1.50 bits per heavy atom. The molecular weight excluding hydrogens is 164 g/mol. The van der Waals surface area contributed by atoms with Gasteiger partial charge in [-0.3, -0.25) is 0 Å². The molecule has 0 radical (unpaired) electrons. The lowest BCUT2D eigenvalue weighted by Gasteiger charge is -1.87. The number of hydrogen-bond donors (Lipinski definition) is 2. The minimum Gasteiger partial charge on any atom is -0.405 e. The molecule has 0 heterocycles. The monoisotopic (exact) mass is 179 g/mol. The van der Waals surface area contributed by atoms with E-state index in [0.717, 1.165) is 24.5 Å². The zero-order valence-corrected chi connectivity index (χ0v) is 7.70. The molecule has 4 heteroatoms. The molecule has 0 fully saturated rings. The van der Waals surface area contributed by atoms with Gasteiger partial charge < -0.3 is 11.5 Å². The predicted molar refractivity (Wildman–Crippen MR) is 53.1 cm³/mol. The molecule has 0 amide bonds. The largest absolute Gasteiger partial charge is 0.405 e. The van der Waals surface area contributed by atoms with Gasteiger partial charge in [-0.15, -0.1) is 0 Å². The Morgan fingerprint density at radius 3 is 2.90 bits per heavy atom. The van der Waals surface area contributed by atoms with Gasteiger partial charge in [0.05, 0.1) is 10.8 Å². The summed E-state index contributed by atoms with van der Waals surface area (Å²) in [5.41, 5.74) is 10.5. The molecule has 4 N–H and O–H groups in total. The van der Waals surface area contributed by atoms with Crippen LogP contribution in [0.25, 0.3) is 0 Å². The fourth-order valence-electron chi connectivity index (χ4n) is 0.369. The van der Waals surface area contributed by atoms with Gasteiger partial charge in [0.1, 0.15) is 5.75 Å². The van der Waals surface area contributed by atoms with Crippen molar-refractivity contribution in [3.63, 3.8) is 0 Å². The van der Waals surface area contributed by atoms with Gasteiger partial charge in [-0.2, -0.15) is 0 Å². The maximum absolute atomic E-state index is 5.32. The molecule has 0 spiro atoms.